The van der Waals surface area contributed by atoms with E-state index < -0.39 is 16.4 Å². The van der Waals surface area contributed by atoms with Gasteiger partial charge in [0, 0.05) is 16.7 Å². The van der Waals surface area contributed by atoms with E-state index in [1.807, 2.05) is 0 Å². The van der Waals surface area contributed by atoms with Gasteiger partial charge < -0.3 is 5.11 Å². The Hall–Kier alpha value is -2.37. The van der Waals surface area contributed by atoms with Gasteiger partial charge in [0.25, 0.3) is 0 Å². The quantitative estimate of drug-likeness (QED) is 0.385. The third-order valence-electron chi connectivity index (χ3n) is 2.82. The van der Waals surface area contributed by atoms with Gasteiger partial charge >= 0.3 is 5.69 Å². The molecular weight excluding hydrogens is 329 g/mol. The van der Waals surface area contributed by atoms with E-state index in [2.05, 4.69) is 0 Å². The van der Waals surface area contributed by atoms with Gasteiger partial charge in [0.15, 0.2) is 11.5 Å². The molecule has 0 aliphatic carbocycles. The summed E-state index contributed by atoms with van der Waals surface area (Å²) in [5.41, 5.74) is 0.248. The second kappa shape index (κ2) is 6.60. The first-order valence-corrected chi connectivity index (χ1v) is 6.79. The monoisotopic (exact) mass is 337 g/mol. The molecule has 0 aliphatic rings. The Kier molecular flexibility index (Phi) is 4.80. The third kappa shape index (κ3) is 3.63. The minimum absolute atomic E-state index is 0.221. The van der Waals surface area contributed by atoms with E-state index in [0.29, 0.717) is 10.6 Å². The summed E-state index contributed by atoms with van der Waals surface area (Å²) in [6.07, 6.45) is 2.64. The Labute approximate surface area is 135 Å². The van der Waals surface area contributed by atoms with Crippen molar-refractivity contribution in [2.75, 3.05) is 0 Å². The van der Waals surface area contributed by atoms with Gasteiger partial charge in [0.1, 0.15) is 0 Å². The van der Waals surface area contributed by atoms with Gasteiger partial charge in [-0.15, -0.1) is 0 Å². The molecule has 1 N–H and O–H groups in total. The van der Waals surface area contributed by atoms with Crippen LogP contribution in [0.5, 0.6) is 5.75 Å². The highest BCUT2D eigenvalue weighted by atomic mass is 35.5. The number of rotatable bonds is 4. The zero-order chi connectivity index (χ0) is 16.3. The van der Waals surface area contributed by atoms with E-state index in [1.54, 1.807) is 6.07 Å². The normalized spacial score (nSPS) is 10.8. The lowest BCUT2D eigenvalue weighted by atomic mass is 10.1. The van der Waals surface area contributed by atoms with Crippen molar-refractivity contribution >= 4 is 40.7 Å². The largest absolute Gasteiger partial charge is 0.502 e. The van der Waals surface area contributed by atoms with Crippen molar-refractivity contribution in [3.63, 3.8) is 0 Å². The Bertz CT molecular complexity index is 787. The lowest BCUT2D eigenvalue weighted by Crippen LogP contribution is -1.95. The summed E-state index contributed by atoms with van der Waals surface area (Å²) < 4.78 is 0. The predicted octanol–water partition coefficient (Wildman–Crippen LogP) is 4.50. The molecule has 2 aromatic carbocycles. The maximum Gasteiger partial charge on any atom is 0.311 e. The fourth-order valence-corrected chi connectivity index (χ4v) is 2.24. The minimum Gasteiger partial charge on any atom is -0.502 e. The highest BCUT2D eigenvalue weighted by Gasteiger charge is 2.13. The molecule has 7 heteroatoms. The molecule has 22 heavy (non-hydrogen) atoms. The number of halogens is 2. The van der Waals surface area contributed by atoms with Crippen molar-refractivity contribution in [1.29, 1.82) is 0 Å². The van der Waals surface area contributed by atoms with Crippen molar-refractivity contribution in [2.24, 2.45) is 0 Å². The number of hydrogen-bond donors (Lipinski definition) is 1. The summed E-state index contributed by atoms with van der Waals surface area (Å²) in [5.74, 6) is -0.799. The predicted molar refractivity (Wildman–Crippen MR) is 84.6 cm³/mol. The van der Waals surface area contributed by atoms with Gasteiger partial charge in [0.2, 0.25) is 0 Å². The first kappa shape index (κ1) is 16.0. The van der Waals surface area contributed by atoms with Crippen LogP contribution in [0.2, 0.25) is 10.0 Å². The lowest BCUT2D eigenvalue weighted by molar-refractivity contribution is -0.385. The first-order valence-electron chi connectivity index (χ1n) is 6.03. The molecular formula is C15H9Cl2NO4. The number of ketones is 1. The van der Waals surface area contributed by atoms with Gasteiger partial charge in [-0.2, -0.15) is 0 Å². The second-order valence-corrected chi connectivity index (χ2v) is 5.17. The second-order valence-electron chi connectivity index (χ2n) is 4.33. The summed E-state index contributed by atoms with van der Waals surface area (Å²) in [5, 5.41) is 20.7. The van der Waals surface area contributed by atoms with Gasteiger partial charge in [0.05, 0.1) is 9.95 Å². The molecule has 0 radical (unpaired) electrons. The van der Waals surface area contributed by atoms with Crippen molar-refractivity contribution in [3.05, 3.63) is 73.8 Å². The summed E-state index contributed by atoms with van der Waals surface area (Å²) in [6.45, 7) is 0. The molecule has 0 unspecified atom stereocenters. The molecule has 0 saturated heterocycles. The summed E-state index contributed by atoms with van der Waals surface area (Å²) in [4.78, 5) is 22.1. The molecule has 2 aromatic rings. The number of phenols is 1. The van der Waals surface area contributed by atoms with Crippen molar-refractivity contribution in [1.82, 2.24) is 0 Å². The van der Waals surface area contributed by atoms with Crippen LogP contribution in [0, 0.1) is 10.1 Å². The molecule has 0 aliphatic heterocycles. The zero-order valence-corrected chi connectivity index (χ0v) is 12.5. The van der Waals surface area contributed by atoms with Crippen molar-refractivity contribution < 1.29 is 14.8 Å². The van der Waals surface area contributed by atoms with Crippen LogP contribution in [-0.4, -0.2) is 15.8 Å². The number of phenolic OH excluding ortho intramolecular Hbond substituents is 1. The maximum atomic E-state index is 12.0. The van der Waals surface area contributed by atoms with Crippen LogP contribution >= 0.6 is 23.2 Å². The van der Waals surface area contributed by atoms with E-state index in [1.165, 1.54) is 42.5 Å². The SMILES string of the molecule is O=C(/C=C/c1ccc(O)c([N+](=O)[O-])c1)c1ccc(Cl)cc1Cl. The number of benzene rings is 2. The smallest absolute Gasteiger partial charge is 0.311 e. The van der Waals surface area contributed by atoms with E-state index in [-0.39, 0.29) is 16.4 Å². The number of carbonyl (C=O) groups excluding carboxylic acids is 1. The average molecular weight is 338 g/mol. The summed E-state index contributed by atoms with van der Waals surface area (Å²) in [6, 6.07) is 8.31. The standard InChI is InChI=1S/C15H9Cl2NO4/c16-10-3-4-11(12(17)8-10)14(19)5-1-9-2-6-15(20)13(7-9)18(21)22/h1-8,20H/b5-1+. The number of nitro groups is 1. The number of hydrogen-bond acceptors (Lipinski definition) is 4. The van der Waals surface area contributed by atoms with Gasteiger partial charge in [-0.3, -0.25) is 14.9 Å². The van der Waals surface area contributed by atoms with Crippen LogP contribution < -0.4 is 0 Å². The molecule has 0 heterocycles. The Balaban J connectivity index is 2.26. The van der Waals surface area contributed by atoms with E-state index in [0.717, 1.165) is 0 Å². The van der Waals surface area contributed by atoms with E-state index in [4.69, 9.17) is 23.2 Å². The maximum absolute atomic E-state index is 12.0. The Morgan fingerprint density at radius 2 is 1.91 bits per heavy atom. The molecule has 0 atom stereocenters. The number of aromatic hydroxyl groups is 1. The number of nitrogens with zero attached hydrogens (tertiary/aromatic N) is 1. The molecule has 0 aromatic heterocycles. The molecule has 0 bridgehead atoms. The van der Waals surface area contributed by atoms with Gasteiger partial charge in [-0.1, -0.05) is 35.3 Å². The van der Waals surface area contributed by atoms with Crippen molar-refractivity contribution in [2.45, 2.75) is 0 Å². The van der Waals surface area contributed by atoms with Crippen LogP contribution in [0.25, 0.3) is 6.08 Å². The van der Waals surface area contributed by atoms with Crippen molar-refractivity contribution in [3.8, 4) is 5.75 Å². The third-order valence-corrected chi connectivity index (χ3v) is 3.37. The Morgan fingerprint density at radius 3 is 2.55 bits per heavy atom. The summed E-state index contributed by atoms with van der Waals surface area (Å²) in [7, 11) is 0. The van der Waals surface area contributed by atoms with Crippen LogP contribution in [0.4, 0.5) is 5.69 Å². The Morgan fingerprint density at radius 1 is 1.18 bits per heavy atom. The van der Waals surface area contributed by atoms with Crippen LogP contribution in [0.3, 0.4) is 0 Å². The molecule has 5 nitrogen and oxygen atoms in total. The molecule has 2 rings (SSSR count). The highest BCUT2D eigenvalue weighted by molar-refractivity contribution is 6.37. The van der Waals surface area contributed by atoms with E-state index in [9.17, 15) is 20.0 Å². The number of allylic oxidation sites excluding steroid dienone is 1. The average Bonchev–Trinajstić information content (AvgIpc) is 2.45. The van der Waals surface area contributed by atoms with Crippen LogP contribution in [-0.2, 0) is 0 Å². The molecule has 112 valence electrons. The van der Waals surface area contributed by atoms with Crippen LogP contribution in [0.15, 0.2) is 42.5 Å². The first-order chi connectivity index (χ1) is 10.4. The lowest BCUT2D eigenvalue weighted by Gasteiger charge is -2.01. The van der Waals surface area contributed by atoms with Crippen LogP contribution in [0.1, 0.15) is 15.9 Å². The fourth-order valence-electron chi connectivity index (χ4n) is 1.74. The number of nitro benzene ring substituents is 1. The topological polar surface area (TPSA) is 80.4 Å². The molecule has 0 saturated carbocycles. The fraction of sp³-hybridized carbons (Fsp3) is 0. The van der Waals surface area contributed by atoms with Gasteiger partial charge in [-0.25, -0.2) is 0 Å². The molecule has 0 fully saturated rings. The molecule has 0 amide bonds. The number of carbonyl (C=O) groups is 1. The van der Waals surface area contributed by atoms with Gasteiger partial charge in [-0.05, 0) is 35.9 Å². The molecule has 0 spiro atoms. The van der Waals surface area contributed by atoms with E-state index >= 15 is 0 Å². The summed E-state index contributed by atoms with van der Waals surface area (Å²) >= 11 is 11.7. The highest BCUT2D eigenvalue weighted by Crippen LogP contribution is 2.27. The zero-order valence-electron chi connectivity index (χ0n) is 11.0. The minimum atomic E-state index is -0.704.